The molecule has 6 heteroatoms. The lowest BCUT2D eigenvalue weighted by Crippen LogP contribution is -2.39. The van der Waals surface area contributed by atoms with Crippen molar-refractivity contribution in [1.29, 1.82) is 0 Å². The Hall–Kier alpha value is -3.41. The third-order valence-electron chi connectivity index (χ3n) is 6.13. The topological polar surface area (TPSA) is 69.7 Å². The summed E-state index contributed by atoms with van der Waals surface area (Å²) in [5.41, 5.74) is 4.99. The zero-order valence-corrected chi connectivity index (χ0v) is 19.1. The van der Waals surface area contributed by atoms with E-state index in [1.807, 2.05) is 32.0 Å². The summed E-state index contributed by atoms with van der Waals surface area (Å²) in [6, 6.07) is 12.8. The minimum Gasteiger partial charge on any atom is -0.366 e. The summed E-state index contributed by atoms with van der Waals surface area (Å²) in [6.45, 7) is 9.15. The van der Waals surface area contributed by atoms with Crippen LogP contribution in [0.1, 0.15) is 43.4 Å². The Morgan fingerprint density at radius 1 is 1.03 bits per heavy atom. The normalized spacial score (nSPS) is 19.1. The van der Waals surface area contributed by atoms with E-state index in [0.717, 1.165) is 42.6 Å². The van der Waals surface area contributed by atoms with Crippen LogP contribution in [-0.4, -0.2) is 35.7 Å². The molecule has 166 valence electrons. The van der Waals surface area contributed by atoms with Gasteiger partial charge in [0.15, 0.2) is 0 Å². The quantitative estimate of drug-likeness (QED) is 0.734. The summed E-state index contributed by atoms with van der Waals surface area (Å²) in [4.78, 5) is 42.1. The first-order valence-electron chi connectivity index (χ1n) is 11.1. The van der Waals surface area contributed by atoms with E-state index in [2.05, 4.69) is 17.1 Å². The van der Waals surface area contributed by atoms with E-state index in [9.17, 15) is 14.4 Å². The molecule has 2 aromatic rings. The number of carbonyl (C=O) groups excluding carboxylic acids is 3. The van der Waals surface area contributed by atoms with Gasteiger partial charge in [0.1, 0.15) is 5.70 Å². The molecule has 1 N–H and O–H groups in total. The molecule has 32 heavy (non-hydrogen) atoms. The molecular weight excluding hydrogens is 402 g/mol. The van der Waals surface area contributed by atoms with Crippen LogP contribution in [0.2, 0.25) is 0 Å². The number of anilines is 2. The predicted octanol–water partition coefficient (Wildman–Crippen LogP) is 4.28. The fourth-order valence-electron chi connectivity index (χ4n) is 4.67. The molecule has 0 aliphatic carbocycles. The second-order valence-corrected chi connectivity index (χ2v) is 8.91. The first-order chi connectivity index (χ1) is 15.3. The van der Waals surface area contributed by atoms with Crippen LogP contribution in [0, 0.1) is 19.8 Å². The molecule has 0 radical (unpaired) electrons. The number of hydrogen-bond donors (Lipinski definition) is 1. The highest BCUT2D eigenvalue weighted by Crippen LogP contribution is 2.37. The maximum atomic E-state index is 13.7. The highest BCUT2D eigenvalue weighted by Gasteiger charge is 2.43. The van der Waals surface area contributed by atoms with Gasteiger partial charge in [0.25, 0.3) is 11.8 Å². The number of amides is 3. The summed E-state index contributed by atoms with van der Waals surface area (Å²) in [7, 11) is 0. The van der Waals surface area contributed by atoms with Gasteiger partial charge in [-0.05, 0) is 68.0 Å². The number of nitrogens with zero attached hydrogens (tertiary/aromatic N) is 2. The van der Waals surface area contributed by atoms with Crippen molar-refractivity contribution >= 4 is 34.7 Å². The largest absolute Gasteiger partial charge is 0.366 e. The lowest BCUT2D eigenvalue weighted by Gasteiger charge is -2.33. The number of hydrogen-bond acceptors (Lipinski definition) is 4. The Morgan fingerprint density at radius 3 is 2.38 bits per heavy atom. The average molecular weight is 432 g/mol. The van der Waals surface area contributed by atoms with E-state index in [4.69, 9.17) is 0 Å². The molecule has 3 amide bonds. The van der Waals surface area contributed by atoms with E-state index >= 15 is 0 Å². The summed E-state index contributed by atoms with van der Waals surface area (Å²) in [5.74, 6) is -0.300. The average Bonchev–Trinajstić information content (AvgIpc) is 2.98. The fraction of sp³-hybridized carbons (Fsp3) is 0.346. The third-order valence-corrected chi connectivity index (χ3v) is 6.13. The van der Waals surface area contributed by atoms with Crippen molar-refractivity contribution in [2.75, 3.05) is 23.3 Å². The number of piperidine rings is 1. The smallest absolute Gasteiger partial charge is 0.282 e. The molecule has 2 aliphatic heterocycles. The van der Waals surface area contributed by atoms with Crippen molar-refractivity contribution in [3.8, 4) is 0 Å². The first kappa shape index (κ1) is 21.8. The second kappa shape index (κ2) is 8.61. The van der Waals surface area contributed by atoms with Crippen molar-refractivity contribution in [1.82, 2.24) is 4.90 Å². The Bertz CT molecular complexity index is 1120. The third kappa shape index (κ3) is 4.05. The molecule has 0 saturated carbocycles. The molecule has 1 saturated heterocycles. The van der Waals surface area contributed by atoms with Gasteiger partial charge in [0, 0.05) is 25.7 Å². The van der Waals surface area contributed by atoms with Crippen LogP contribution in [0.5, 0.6) is 0 Å². The molecular formula is C26H29N3O3. The van der Waals surface area contributed by atoms with E-state index in [1.54, 1.807) is 24.3 Å². The molecule has 2 aliphatic rings. The molecule has 1 unspecified atom stereocenters. The van der Waals surface area contributed by atoms with Gasteiger partial charge in [-0.25, -0.2) is 4.90 Å². The highest BCUT2D eigenvalue weighted by molar-refractivity contribution is 6.45. The zero-order valence-electron chi connectivity index (χ0n) is 19.1. The number of imide groups is 1. The van der Waals surface area contributed by atoms with E-state index in [-0.39, 0.29) is 17.7 Å². The SMILES string of the molecule is CC(=O)Nc1ccc(N2C(=O)C(c3ccc(C)cc3C)=C(N3CCCC(C)C3)C2=O)cc1. The van der Waals surface area contributed by atoms with Crippen molar-refractivity contribution < 1.29 is 14.4 Å². The van der Waals surface area contributed by atoms with Crippen molar-refractivity contribution in [3.63, 3.8) is 0 Å². The van der Waals surface area contributed by atoms with E-state index < -0.39 is 0 Å². The molecule has 1 atom stereocenters. The van der Waals surface area contributed by atoms with Gasteiger partial charge in [-0.3, -0.25) is 14.4 Å². The van der Waals surface area contributed by atoms with Crippen LogP contribution in [0.3, 0.4) is 0 Å². The monoisotopic (exact) mass is 431 g/mol. The minimum absolute atomic E-state index is 0.175. The minimum atomic E-state index is -0.303. The summed E-state index contributed by atoms with van der Waals surface area (Å²) in [6.07, 6.45) is 2.12. The number of aryl methyl sites for hydroxylation is 2. The molecule has 1 fully saturated rings. The maximum Gasteiger partial charge on any atom is 0.282 e. The molecule has 4 rings (SSSR count). The van der Waals surface area contributed by atoms with Gasteiger partial charge in [-0.2, -0.15) is 0 Å². The molecule has 2 heterocycles. The Kier molecular flexibility index (Phi) is 5.87. The van der Waals surface area contributed by atoms with Crippen LogP contribution >= 0.6 is 0 Å². The summed E-state index contributed by atoms with van der Waals surface area (Å²) < 4.78 is 0. The number of carbonyl (C=O) groups is 3. The Morgan fingerprint density at radius 2 is 1.75 bits per heavy atom. The summed E-state index contributed by atoms with van der Waals surface area (Å²) >= 11 is 0. The van der Waals surface area contributed by atoms with Gasteiger partial charge in [-0.15, -0.1) is 0 Å². The van der Waals surface area contributed by atoms with Gasteiger partial charge >= 0.3 is 0 Å². The van der Waals surface area contributed by atoms with Crippen LogP contribution in [0.15, 0.2) is 48.2 Å². The predicted molar refractivity (Wildman–Crippen MR) is 126 cm³/mol. The highest BCUT2D eigenvalue weighted by atomic mass is 16.2. The number of rotatable bonds is 4. The molecule has 0 aromatic heterocycles. The van der Waals surface area contributed by atoms with Gasteiger partial charge < -0.3 is 10.2 Å². The lowest BCUT2D eigenvalue weighted by atomic mass is 9.95. The van der Waals surface area contributed by atoms with Gasteiger partial charge in [0.05, 0.1) is 11.3 Å². The van der Waals surface area contributed by atoms with Crippen LogP contribution in [0.4, 0.5) is 11.4 Å². The van der Waals surface area contributed by atoms with E-state index in [1.165, 1.54) is 11.8 Å². The number of likely N-dealkylation sites (tertiary alicyclic amines) is 1. The van der Waals surface area contributed by atoms with Crippen LogP contribution in [-0.2, 0) is 14.4 Å². The van der Waals surface area contributed by atoms with Gasteiger partial charge in [-0.1, -0.05) is 30.7 Å². The number of benzene rings is 2. The summed E-state index contributed by atoms with van der Waals surface area (Å²) in [5, 5.41) is 2.71. The zero-order chi connectivity index (χ0) is 23.0. The second-order valence-electron chi connectivity index (χ2n) is 8.91. The van der Waals surface area contributed by atoms with Crippen molar-refractivity contribution in [3.05, 3.63) is 64.9 Å². The van der Waals surface area contributed by atoms with Crippen LogP contribution < -0.4 is 10.2 Å². The van der Waals surface area contributed by atoms with Crippen molar-refractivity contribution in [2.45, 2.75) is 40.5 Å². The Labute approximate surface area is 188 Å². The first-order valence-corrected chi connectivity index (χ1v) is 11.1. The van der Waals surface area contributed by atoms with Gasteiger partial charge in [0.2, 0.25) is 5.91 Å². The fourth-order valence-corrected chi connectivity index (χ4v) is 4.67. The lowest BCUT2D eigenvalue weighted by molar-refractivity contribution is -0.121. The van der Waals surface area contributed by atoms with Crippen LogP contribution in [0.25, 0.3) is 5.57 Å². The molecule has 6 nitrogen and oxygen atoms in total. The standard InChI is InChI=1S/C26H29N3O3/c1-16-7-12-22(18(3)14-16)23-24(28-13-5-6-17(2)15-28)26(32)29(25(23)31)21-10-8-20(9-11-21)27-19(4)30/h7-12,14,17H,5-6,13,15H2,1-4H3,(H,27,30). The molecule has 2 aromatic carbocycles. The number of nitrogens with one attached hydrogen (secondary N) is 1. The molecule has 0 spiro atoms. The Balaban J connectivity index is 1.78. The molecule has 0 bridgehead atoms. The maximum absolute atomic E-state index is 13.7. The van der Waals surface area contributed by atoms with E-state index in [0.29, 0.717) is 28.6 Å². The van der Waals surface area contributed by atoms with Crippen molar-refractivity contribution in [2.24, 2.45) is 5.92 Å².